The number of ketones is 1. The van der Waals surface area contributed by atoms with E-state index in [-0.39, 0.29) is 11.4 Å². The van der Waals surface area contributed by atoms with Crippen LogP contribution >= 0.6 is 22.7 Å². The molecule has 2 aromatic heterocycles. The van der Waals surface area contributed by atoms with Crippen molar-refractivity contribution in [1.82, 2.24) is 4.98 Å². The van der Waals surface area contributed by atoms with E-state index >= 15 is 0 Å². The second kappa shape index (κ2) is 9.45. The second-order valence-corrected chi connectivity index (χ2v) is 8.91. The molecule has 3 aromatic rings. The molecular weight excluding hydrogens is 432 g/mol. The summed E-state index contributed by atoms with van der Waals surface area (Å²) in [4.78, 5) is 32.4. The molecule has 0 bridgehead atoms. The first kappa shape index (κ1) is 21.3. The first-order valence-corrected chi connectivity index (χ1v) is 11.8. The van der Waals surface area contributed by atoms with E-state index < -0.39 is 17.7 Å². The Hall–Kier alpha value is -2.97. The van der Waals surface area contributed by atoms with Crippen LogP contribution < -0.4 is 9.64 Å². The zero-order valence-electron chi connectivity index (χ0n) is 17.0. The number of aliphatic hydroxyl groups excluding tert-OH is 1. The largest absolute Gasteiger partial charge is 0.503 e. The van der Waals surface area contributed by atoms with Gasteiger partial charge in [-0.3, -0.25) is 14.5 Å². The number of benzene rings is 1. The first-order valence-electron chi connectivity index (χ1n) is 10.1. The highest BCUT2D eigenvalue weighted by molar-refractivity contribution is 7.14. The lowest BCUT2D eigenvalue weighted by molar-refractivity contribution is -0.117. The van der Waals surface area contributed by atoms with Gasteiger partial charge in [-0.2, -0.15) is 0 Å². The third-order valence-corrected chi connectivity index (χ3v) is 6.65. The molecule has 0 spiro atoms. The summed E-state index contributed by atoms with van der Waals surface area (Å²) < 4.78 is 5.88. The van der Waals surface area contributed by atoms with Crippen molar-refractivity contribution in [2.45, 2.75) is 32.2 Å². The fourth-order valence-electron chi connectivity index (χ4n) is 3.54. The minimum Gasteiger partial charge on any atom is -0.503 e. The zero-order valence-corrected chi connectivity index (χ0v) is 18.6. The van der Waals surface area contributed by atoms with Crippen LogP contribution in [0.25, 0.3) is 0 Å². The molecule has 1 unspecified atom stereocenters. The summed E-state index contributed by atoms with van der Waals surface area (Å²) >= 11 is 2.55. The number of thiazole rings is 1. The Balaban J connectivity index is 1.73. The Morgan fingerprint density at radius 2 is 2.06 bits per heavy atom. The predicted octanol–water partition coefficient (Wildman–Crippen LogP) is 5.56. The lowest BCUT2D eigenvalue weighted by atomic mass is 9.95. The summed E-state index contributed by atoms with van der Waals surface area (Å²) in [6.45, 7) is 2.73. The number of unbranched alkanes of at least 4 members (excludes halogenated alkanes) is 2. The number of rotatable bonds is 9. The van der Waals surface area contributed by atoms with Crippen LogP contribution in [0.4, 0.5) is 5.13 Å². The van der Waals surface area contributed by atoms with E-state index in [1.54, 1.807) is 29.1 Å². The molecule has 4 rings (SSSR count). The van der Waals surface area contributed by atoms with E-state index in [9.17, 15) is 14.7 Å². The van der Waals surface area contributed by atoms with Crippen LogP contribution in [-0.4, -0.2) is 28.4 Å². The maximum absolute atomic E-state index is 13.3. The van der Waals surface area contributed by atoms with Crippen molar-refractivity contribution >= 4 is 39.5 Å². The molecule has 0 saturated heterocycles. The smallest absolute Gasteiger partial charge is 0.296 e. The molecule has 6 nitrogen and oxygen atoms in total. The predicted molar refractivity (Wildman–Crippen MR) is 122 cm³/mol. The number of aromatic nitrogens is 1. The number of anilines is 1. The van der Waals surface area contributed by atoms with E-state index in [0.717, 1.165) is 19.3 Å². The van der Waals surface area contributed by atoms with E-state index in [1.165, 1.54) is 27.6 Å². The number of ether oxygens (including phenoxy) is 1. The third kappa shape index (κ3) is 4.26. The van der Waals surface area contributed by atoms with Crippen LogP contribution in [0.3, 0.4) is 0 Å². The monoisotopic (exact) mass is 454 g/mol. The standard InChI is InChI=1S/C23H22N2O4S2/c1-2-3-4-11-29-16-8-5-7-15(14-16)19-18(20(26)17-9-6-12-30-17)21(27)22(28)25(19)23-24-10-13-31-23/h5-10,12-14,19,27H,2-4,11H2,1H3. The van der Waals surface area contributed by atoms with Crippen LogP contribution in [0, 0.1) is 0 Å². The Kier molecular flexibility index (Phi) is 6.48. The Bertz CT molecular complexity index is 1090. The molecule has 0 radical (unpaired) electrons. The quantitative estimate of drug-likeness (QED) is 0.338. The van der Waals surface area contributed by atoms with E-state index in [0.29, 0.717) is 27.9 Å². The fourth-order valence-corrected chi connectivity index (χ4v) is 4.89. The van der Waals surface area contributed by atoms with Gasteiger partial charge in [0.05, 0.1) is 23.1 Å². The first-order chi connectivity index (χ1) is 15.1. The minimum absolute atomic E-state index is 0.0609. The van der Waals surface area contributed by atoms with Gasteiger partial charge in [0.15, 0.2) is 10.9 Å². The summed E-state index contributed by atoms with van der Waals surface area (Å²) in [5.74, 6) is -0.865. The van der Waals surface area contributed by atoms with Gasteiger partial charge in [-0.15, -0.1) is 22.7 Å². The molecule has 1 amide bonds. The normalized spacial score (nSPS) is 16.2. The molecular formula is C23H22N2O4S2. The summed E-state index contributed by atoms with van der Waals surface area (Å²) in [6, 6.07) is 10.0. The summed E-state index contributed by atoms with van der Waals surface area (Å²) in [6.07, 6.45) is 4.74. The van der Waals surface area contributed by atoms with Crippen molar-refractivity contribution < 1.29 is 19.4 Å². The molecule has 31 heavy (non-hydrogen) atoms. The van der Waals surface area contributed by atoms with Gasteiger partial charge >= 0.3 is 0 Å². The third-order valence-electron chi connectivity index (χ3n) is 5.01. The van der Waals surface area contributed by atoms with Crippen molar-refractivity contribution in [2.75, 3.05) is 11.5 Å². The van der Waals surface area contributed by atoms with Gasteiger partial charge in [-0.25, -0.2) is 4.98 Å². The molecule has 3 heterocycles. The van der Waals surface area contributed by atoms with Crippen LogP contribution in [0.5, 0.6) is 5.75 Å². The Morgan fingerprint density at radius 1 is 1.19 bits per heavy atom. The SMILES string of the molecule is CCCCCOc1cccc(C2C(C(=O)c3cccs3)=C(O)C(=O)N2c2nccs2)c1. The molecule has 160 valence electrons. The number of Topliss-reactive ketones (excluding diaryl/α,β-unsaturated/α-hetero) is 1. The molecule has 8 heteroatoms. The fraction of sp³-hybridized carbons (Fsp3) is 0.261. The topological polar surface area (TPSA) is 79.7 Å². The number of hydrogen-bond acceptors (Lipinski definition) is 7. The number of nitrogens with zero attached hydrogens (tertiary/aromatic N) is 2. The average Bonchev–Trinajstić information content (AvgIpc) is 3.53. The van der Waals surface area contributed by atoms with Crippen molar-refractivity contribution in [1.29, 1.82) is 0 Å². The maximum Gasteiger partial charge on any atom is 0.296 e. The number of hydrogen-bond donors (Lipinski definition) is 1. The summed E-state index contributed by atoms with van der Waals surface area (Å²) in [5, 5.41) is 14.7. The van der Waals surface area contributed by atoms with Gasteiger partial charge in [0.1, 0.15) is 5.75 Å². The van der Waals surface area contributed by atoms with Crippen molar-refractivity contribution in [3.8, 4) is 5.75 Å². The number of thiophene rings is 1. The van der Waals surface area contributed by atoms with Crippen LogP contribution in [0.15, 0.2) is 64.7 Å². The van der Waals surface area contributed by atoms with Crippen LogP contribution in [0.1, 0.15) is 47.5 Å². The lowest BCUT2D eigenvalue weighted by Gasteiger charge is -2.24. The minimum atomic E-state index is -0.785. The van der Waals surface area contributed by atoms with E-state index in [1.807, 2.05) is 24.3 Å². The van der Waals surface area contributed by atoms with E-state index in [2.05, 4.69) is 11.9 Å². The molecule has 1 aromatic carbocycles. The highest BCUT2D eigenvalue weighted by atomic mass is 32.1. The molecule has 1 aliphatic rings. The number of carbonyl (C=O) groups excluding carboxylic acids is 2. The molecule has 1 atom stereocenters. The van der Waals surface area contributed by atoms with Crippen LogP contribution in [-0.2, 0) is 4.79 Å². The van der Waals surface area contributed by atoms with Crippen molar-refractivity contribution in [2.24, 2.45) is 0 Å². The highest BCUT2D eigenvalue weighted by Gasteiger charge is 2.45. The Labute approximate surface area is 188 Å². The maximum atomic E-state index is 13.3. The van der Waals surface area contributed by atoms with Gasteiger partial charge in [0, 0.05) is 11.6 Å². The molecule has 0 fully saturated rings. The van der Waals surface area contributed by atoms with Gasteiger partial charge in [-0.1, -0.05) is 38.0 Å². The molecule has 1 N–H and O–H groups in total. The van der Waals surface area contributed by atoms with Crippen molar-refractivity contribution in [3.63, 3.8) is 0 Å². The lowest BCUT2D eigenvalue weighted by Crippen LogP contribution is -2.30. The Morgan fingerprint density at radius 3 is 2.77 bits per heavy atom. The van der Waals surface area contributed by atoms with Gasteiger partial charge < -0.3 is 9.84 Å². The molecule has 1 aliphatic heterocycles. The number of aliphatic hydroxyl groups is 1. The number of amides is 1. The van der Waals surface area contributed by atoms with Crippen molar-refractivity contribution in [3.05, 3.63) is 75.1 Å². The molecule has 0 aliphatic carbocycles. The zero-order chi connectivity index (χ0) is 21.8. The van der Waals surface area contributed by atoms with Gasteiger partial charge in [-0.05, 0) is 35.6 Å². The van der Waals surface area contributed by atoms with Gasteiger partial charge in [0.2, 0.25) is 5.78 Å². The highest BCUT2D eigenvalue weighted by Crippen LogP contribution is 2.43. The second-order valence-electron chi connectivity index (χ2n) is 7.09. The molecule has 0 saturated carbocycles. The van der Waals surface area contributed by atoms with Gasteiger partial charge in [0.25, 0.3) is 5.91 Å². The number of carbonyl (C=O) groups is 2. The average molecular weight is 455 g/mol. The van der Waals surface area contributed by atoms with E-state index in [4.69, 9.17) is 4.74 Å². The summed E-state index contributed by atoms with van der Waals surface area (Å²) in [7, 11) is 0. The van der Waals surface area contributed by atoms with Crippen LogP contribution in [0.2, 0.25) is 0 Å². The summed E-state index contributed by atoms with van der Waals surface area (Å²) in [5.41, 5.74) is 0.742.